The SMILES string of the molecule is CC(=O)OCCCCC/C=C\CCBr. The van der Waals surface area contributed by atoms with Crippen molar-refractivity contribution in [3.05, 3.63) is 12.2 Å². The molecule has 0 heterocycles. The summed E-state index contributed by atoms with van der Waals surface area (Å²) in [6, 6.07) is 0. The average Bonchev–Trinajstić information content (AvgIpc) is 2.15. The van der Waals surface area contributed by atoms with Crippen molar-refractivity contribution in [2.24, 2.45) is 0 Å². The van der Waals surface area contributed by atoms with Gasteiger partial charge in [-0.1, -0.05) is 28.1 Å². The predicted molar refractivity (Wildman–Crippen MR) is 62.7 cm³/mol. The molecule has 2 nitrogen and oxygen atoms in total. The second kappa shape index (κ2) is 10.8. The number of ether oxygens (including phenoxy) is 1. The van der Waals surface area contributed by atoms with Crippen LogP contribution in [-0.4, -0.2) is 17.9 Å². The molecule has 0 fully saturated rings. The third kappa shape index (κ3) is 11.7. The fourth-order valence-electron chi connectivity index (χ4n) is 1.06. The van der Waals surface area contributed by atoms with Crippen LogP contribution in [-0.2, 0) is 9.53 Å². The van der Waals surface area contributed by atoms with Crippen LogP contribution in [0.3, 0.4) is 0 Å². The molecule has 0 saturated carbocycles. The third-order valence-electron chi connectivity index (χ3n) is 1.76. The summed E-state index contributed by atoms with van der Waals surface area (Å²) >= 11 is 3.37. The predicted octanol–water partition coefficient (Wildman–Crippen LogP) is 3.45. The molecule has 0 N–H and O–H groups in total. The van der Waals surface area contributed by atoms with Crippen molar-refractivity contribution in [2.45, 2.75) is 39.0 Å². The maximum Gasteiger partial charge on any atom is 0.302 e. The van der Waals surface area contributed by atoms with Crippen LogP contribution in [0.15, 0.2) is 12.2 Å². The lowest BCUT2D eigenvalue weighted by Crippen LogP contribution is -1.99. The van der Waals surface area contributed by atoms with E-state index in [1.165, 1.54) is 13.3 Å². The molecule has 0 unspecified atom stereocenters. The van der Waals surface area contributed by atoms with Gasteiger partial charge in [-0.15, -0.1) is 0 Å². The van der Waals surface area contributed by atoms with Gasteiger partial charge in [0.05, 0.1) is 6.61 Å². The monoisotopic (exact) mass is 262 g/mol. The summed E-state index contributed by atoms with van der Waals surface area (Å²) in [4.78, 5) is 10.4. The first-order chi connectivity index (χ1) is 6.77. The van der Waals surface area contributed by atoms with E-state index in [9.17, 15) is 4.79 Å². The van der Waals surface area contributed by atoms with E-state index >= 15 is 0 Å². The molecular formula is C11H19BrO2. The Morgan fingerprint density at radius 2 is 1.93 bits per heavy atom. The largest absolute Gasteiger partial charge is 0.466 e. The number of hydrogen-bond donors (Lipinski definition) is 0. The summed E-state index contributed by atoms with van der Waals surface area (Å²) in [5, 5.41) is 1.04. The van der Waals surface area contributed by atoms with E-state index in [0.717, 1.165) is 31.0 Å². The van der Waals surface area contributed by atoms with Crippen LogP contribution in [0.1, 0.15) is 39.0 Å². The molecular weight excluding hydrogens is 244 g/mol. The van der Waals surface area contributed by atoms with Crippen molar-refractivity contribution in [1.29, 1.82) is 0 Å². The maximum absolute atomic E-state index is 10.4. The Morgan fingerprint density at radius 3 is 2.57 bits per heavy atom. The second-order valence-corrected chi connectivity index (χ2v) is 3.93. The smallest absolute Gasteiger partial charge is 0.302 e. The first-order valence-electron chi connectivity index (χ1n) is 5.11. The van der Waals surface area contributed by atoms with Gasteiger partial charge in [0.2, 0.25) is 0 Å². The first kappa shape index (κ1) is 13.7. The lowest BCUT2D eigenvalue weighted by Gasteiger charge is -2.00. The molecule has 0 aliphatic rings. The van der Waals surface area contributed by atoms with Crippen molar-refractivity contribution < 1.29 is 9.53 Å². The van der Waals surface area contributed by atoms with Gasteiger partial charge in [-0.2, -0.15) is 0 Å². The van der Waals surface area contributed by atoms with Crippen LogP contribution in [0.2, 0.25) is 0 Å². The molecule has 0 saturated heterocycles. The van der Waals surface area contributed by atoms with Crippen LogP contribution in [0.25, 0.3) is 0 Å². The fraction of sp³-hybridized carbons (Fsp3) is 0.727. The van der Waals surface area contributed by atoms with Gasteiger partial charge in [-0.05, 0) is 32.1 Å². The van der Waals surface area contributed by atoms with Crippen LogP contribution < -0.4 is 0 Å². The number of carbonyl (C=O) groups is 1. The average molecular weight is 263 g/mol. The highest BCUT2D eigenvalue weighted by Gasteiger charge is 1.91. The highest BCUT2D eigenvalue weighted by molar-refractivity contribution is 9.09. The molecule has 0 spiro atoms. The van der Waals surface area contributed by atoms with E-state index < -0.39 is 0 Å². The van der Waals surface area contributed by atoms with Crippen LogP contribution in [0, 0.1) is 0 Å². The molecule has 0 aliphatic carbocycles. The molecule has 14 heavy (non-hydrogen) atoms. The summed E-state index contributed by atoms with van der Waals surface area (Å²) in [5.41, 5.74) is 0. The topological polar surface area (TPSA) is 26.3 Å². The quantitative estimate of drug-likeness (QED) is 0.290. The summed E-state index contributed by atoms with van der Waals surface area (Å²) in [7, 11) is 0. The Labute approximate surface area is 94.8 Å². The number of halogens is 1. The summed E-state index contributed by atoms with van der Waals surface area (Å²) < 4.78 is 4.82. The standard InChI is InChI=1S/C11H19BrO2/c1-11(13)14-10-8-6-4-2-3-5-7-9-12/h3,5H,2,4,6-10H2,1H3/b5-3-. The van der Waals surface area contributed by atoms with Crippen molar-refractivity contribution in [3.63, 3.8) is 0 Å². The lowest BCUT2D eigenvalue weighted by atomic mass is 10.2. The number of unbranched alkanes of at least 4 members (excludes halogenated alkanes) is 3. The van der Waals surface area contributed by atoms with E-state index in [1.807, 2.05) is 0 Å². The minimum absolute atomic E-state index is 0.179. The zero-order valence-corrected chi connectivity index (χ0v) is 10.4. The molecule has 0 rings (SSSR count). The van der Waals surface area contributed by atoms with Gasteiger partial charge in [0.25, 0.3) is 0 Å². The van der Waals surface area contributed by atoms with Crippen molar-refractivity contribution in [2.75, 3.05) is 11.9 Å². The number of esters is 1. The summed E-state index contributed by atoms with van der Waals surface area (Å²) in [5.74, 6) is -0.179. The van der Waals surface area contributed by atoms with Crippen molar-refractivity contribution in [3.8, 4) is 0 Å². The normalized spacial score (nSPS) is 10.7. The number of alkyl halides is 1. The molecule has 0 aromatic rings. The third-order valence-corrected chi connectivity index (χ3v) is 2.22. The summed E-state index contributed by atoms with van der Waals surface area (Å²) in [6.45, 7) is 2.02. The highest BCUT2D eigenvalue weighted by Crippen LogP contribution is 2.02. The van der Waals surface area contributed by atoms with Gasteiger partial charge in [0.1, 0.15) is 0 Å². The van der Waals surface area contributed by atoms with Crippen LogP contribution >= 0.6 is 15.9 Å². The number of rotatable bonds is 8. The van der Waals surface area contributed by atoms with Gasteiger partial charge < -0.3 is 4.74 Å². The number of allylic oxidation sites excluding steroid dienone is 2. The Bertz CT molecular complexity index is 167. The lowest BCUT2D eigenvalue weighted by molar-refractivity contribution is -0.141. The van der Waals surface area contributed by atoms with Gasteiger partial charge in [-0.25, -0.2) is 0 Å². The van der Waals surface area contributed by atoms with Crippen LogP contribution in [0.4, 0.5) is 0 Å². The molecule has 82 valence electrons. The molecule has 0 aromatic heterocycles. The minimum atomic E-state index is -0.179. The van der Waals surface area contributed by atoms with Gasteiger partial charge in [0, 0.05) is 12.3 Å². The van der Waals surface area contributed by atoms with Crippen molar-refractivity contribution >= 4 is 21.9 Å². The van der Waals surface area contributed by atoms with E-state index in [-0.39, 0.29) is 5.97 Å². The molecule has 0 aliphatic heterocycles. The minimum Gasteiger partial charge on any atom is -0.466 e. The fourth-order valence-corrected chi connectivity index (χ4v) is 1.32. The molecule has 0 radical (unpaired) electrons. The number of hydrogen-bond acceptors (Lipinski definition) is 2. The van der Waals surface area contributed by atoms with E-state index in [0.29, 0.717) is 6.61 Å². The van der Waals surface area contributed by atoms with E-state index in [4.69, 9.17) is 4.74 Å². The van der Waals surface area contributed by atoms with Gasteiger partial charge in [0.15, 0.2) is 0 Å². The highest BCUT2D eigenvalue weighted by atomic mass is 79.9. The number of carbonyl (C=O) groups excluding carboxylic acids is 1. The van der Waals surface area contributed by atoms with E-state index in [2.05, 4.69) is 28.1 Å². The van der Waals surface area contributed by atoms with Crippen molar-refractivity contribution in [1.82, 2.24) is 0 Å². The van der Waals surface area contributed by atoms with Crippen LogP contribution in [0.5, 0.6) is 0 Å². The maximum atomic E-state index is 10.4. The second-order valence-electron chi connectivity index (χ2n) is 3.14. The molecule has 0 bridgehead atoms. The molecule has 0 aromatic carbocycles. The molecule has 0 amide bonds. The zero-order valence-electron chi connectivity index (χ0n) is 8.80. The van der Waals surface area contributed by atoms with Gasteiger partial charge in [-0.3, -0.25) is 4.79 Å². The zero-order chi connectivity index (χ0) is 10.6. The molecule has 3 heteroatoms. The Balaban J connectivity index is 3.02. The Morgan fingerprint density at radius 1 is 1.21 bits per heavy atom. The first-order valence-corrected chi connectivity index (χ1v) is 6.24. The van der Waals surface area contributed by atoms with Gasteiger partial charge >= 0.3 is 5.97 Å². The molecule has 0 atom stereocenters. The summed E-state index contributed by atoms with van der Waals surface area (Å²) in [6.07, 6.45) is 9.94. The van der Waals surface area contributed by atoms with E-state index in [1.54, 1.807) is 0 Å². The Hall–Kier alpha value is -0.310. The Kier molecular flexibility index (Phi) is 10.5.